The monoisotopic (exact) mass is 895 g/mol. The van der Waals surface area contributed by atoms with Crippen molar-refractivity contribution in [2.45, 2.75) is 100 Å². The van der Waals surface area contributed by atoms with E-state index in [4.69, 9.17) is 4.98 Å². The Labute approximate surface area is 326 Å². The van der Waals surface area contributed by atoms with Crippen LogP contribution in [0.2, 0.25) is 0 Å². The van der Waals surface area contributed by atoms with Crippen molar-refractivity contribution in [2.75, 3.05) is 0 Å². The topological polar surface area (TPSA) is 50.2 Å². The number of hydrogen-bond acceptors (Lipinski definition) is 5. The number of fused-ring (bicyclic) bond motifs is 3. The summed E-state index contributed by atoms with van der Waals surface area (Å²) in [4.78, 5) is 18.4. The summed E-state index contributed by atoms with van der Waals surface area (Å²) in [6.45, 7) is 21.2. The molecule has 0 spiro atoms. The largest absolute Gasteiger partial charge is 0.512 e. The molecule has 0 atom stereocenters. The first-order valence-electron chi connectivity index (χ1n) is 18.0. The quantitative estimate of drug-likeness (QED) is 0.0894. The number of ketones is 1. The van der Waals surface area contributed by atoms with Crippen LogP contribution in [-0.4, -0.2) is 15.9 Å². The van der Waals surface area contributed by atoms with Crippen molar-refractivity contribution < 1.29 is 30.0 Å². The van der Waals surface area contributed by atoms with E-state index in [9.17, 15) is 9.90 Å². The molecule has 0 aliphatic heterocycles. The summed E-state index contributed by atoms with van der Waals surface area (Å²) < 4.78 is 2.58. The van der Waals surface area contributed by atoms with Crippen LogP contribution >= 0.6 is 22.7 Å². The SMILES string of the molecule is CCC(C)(CC)C(=O)/C=C(\O)C(C)(CC)CC.Cc1c(-c2csc3ccccc23)sc2c(-c3[c-]c4ccccc4c(C(C)(C)C)c3)nccc12.[Ir]. The minimum atomic E-state index is -0.337. The van der Waals surface area contributed by atoms with Crippen molar-refractivity contribution in [2.24, 2.45) is 10.8 Å². The van der Waals surface area contributed by atoms with Gasteiger partial charge in [0, 0.05) is 79.5 Å². The number of aryl methyl sites for hydroxylation is 1. The van der Waals surface area contributed by atoms with Crippen LogP contribution in [0, 0.1) is 23.8 Å². The molecule has 271 valence electrons. The van der Waals surface area contributed by atoms with Crippen LogP contribution in [-0.2, 0) is 30.3 Å². The molecule has 3 nitrogen and oxygen atoms in total. The zero-order valence-corrected chi connectivity index (χ0v) is 35.8. The number of aromatic nitrogens is 1. The van der Waals surface area contributed by atoms with E-state index < -0.39 is 0 Å². The summed E-state index contributed by atoms with van der Waals surface area (Å²) in [6.07, 6.45) is 6.71. The van der Waals surface area contributed by atoms with Crippen LogP contribution < -0.4 is 0 Å². The third-order valence-electron chi connectivity index (χ3n) is 11.0. The summed E-state index contributed by atoms with van der Waals surface area (Å²) in [5.41, 5.74) is 5.53. The van der Waals surface area contributed by atoms with E-state index in [1.54, 1.807) is 0 Å². The second-order valence-electron chi connectivity index (χ2n) is 15.1. The van der Waals surface area contributed by atoms with Crippen LogP contribution in [0.25, 0.3) is 52.6 Å². The average Bonchev–Trinajstić information content (AvgIpc) is 3.70. The number of rotatable bonds is 9. The molecular formula is C45H52IrNO2S2-. The smallest absolute Gasteiger partial charge is 0.164 e. The number of carbonyl (C=O) groups is 1. The average molecular weight is 895 g/mol. The molecule has 0 aliphatic rings. The van der Waals surface area contributed by atoms with Gasteiger partial charge in [-0.1, -0.05) is 110 Å². The molecule has 51 heavy (non-hydrogen) atoms. The molecule has 6 heteroatoms. The van der Waals surface area contributed by atoms with Gasteiger partial charge in [-0.05, 0) is 61.1 Å². The van der Waals surface area contributed by atoms with Crippen LogP contribution in [0.4, 0.5) is 0 Å². The van der Waals surface area contributed by atoms with E-state index in [0.717, 1.165) is 42.3 Å². The van der Waals surface area contributed by atoms with Crippen LogP contribution in [0.1, 0.15) is 99.1 Å². The Kier molecular flexibility index (Phi) is 12.9. The number of carbonyl (C=O) groups excluding carboxylic acids is 1. The summed E-state index contributed by atoms with van der Waals surface area (Å²) in [7, 11) is 0. The number of nitrogens with zero attached hydrogens (tertiary/aromatic N) is 1. The molecule has 1 N–H and O–H groups in total. The van der Waals surface area contributed by atoms with Gasteiger partial charge >= 0.3 is 0 Å². The second-order valence-corrected chi connectivity index (χ2v) is 17.0. The van der Waals surface area contributed by atoms with Gasteiger partial charge in [0.2, 0.25) is 0 Å². The minimum Gasteiger partial charge on any atom is -0.512 e. The molecule has 0 aliphatic carbocycles. The zero-order chi connectivity index (χ0) is 36.4. The first kappa shape index (κ1) is 40.6. The maximum atomic E-state index is 12.2. The molecule has 0 saturated carbocycles. The molecule has 0 unspecified atom stereocenters. The van der Waals surface area contributed by atoms with Gasteiger partial charge in [-0.15, -0.1) is 51.8 Å². The Hall–Kier alpha value is -3.15. The van der Waals surface area contributed by atoms with Gasteiger partial charge in [-0.25, -0.2) is 0 Å². The number of hydrogen-bond donors (Lipinski definition) is 1. The Bertz CT molecular complexity index is 2170. The van der Waals surface area contributed by atoms with Gasteiger partial charge in [0.15, 0.2) is 5.78 Å². The first-order valence-corrected chi connectivity index (χ1v) is 19.7. The second kappa shape index (κ2) is 16.3. The molecule has 0 amide bonds. The number of benzene rings is 3. The molecule has 6 aromatic rings. The molecule has 3 aromatic heterocycles. The Morgan fingerprint density at radius 2 is 1.45 bits per heavy atom. The van der Waals surface area contributed by atoms with Crippen molar-refractivity contribution in [3.8, 4) is 21.7 Å². The number of aliphatic hydroxyl groups excluding tert-OH is 1. The molecule has 1 radical (unpaired) electrons. The van der Waals surface area contributed by atoms with Crippen LogP contribution in [0.3, 0.4) is 0 Å². The molecule has 0 bridgehead atoms. The predicted molar refractivity (Wildman–Crippen MR) is 219 cm³/mol. The first-order chi connectivity index (χ1) is 23.7. The van der Waals surface area contributed by atoms with E-state index in [0.29, 0.717) is 0 Å². The van der Waals surface area contributed by atoms with E-state index >= 15 is 0 Å². The third-order valence-corrected chi connectivity index (χ3v) is 13.3. The zero-order valence-electron chi connectivity index (χ0n) is 31.8. The van der Waals surface area contributed by atoms with E-state index in [1.165, 1.54) is 53.2 Å². The third kappa shape index (κ3) is 8.10. The summed E-state index contributed by atoms with van der Waals surface area (Å²) in [5.74, 6) is 0.286. The Morgan fingerprint density at radius 1 is 0.843 bits per heavy atom. The normalized spacial score (nSPS) is 12.5. The molecule has 6 rings (SSSR count). The van der Waals surface area contributed by atoms with Crippen molar-refractivity contribution >= 4 is 59.4 Å². The minimum absolute atomic E-state index is 0. The fraction of sp³-hybridized carbons (Fsp3) is 0.378. The van der Waals surface area contributed by atoms with Crippen molar-refractivity contribution in [3.63, 3.8) is 0 Å². The maximum Gasteiger partial charge on any atom is 0.164 e. The molecule has 3 heterocycles. The van der Waals surface area contributed by atoms with Gasteiger partial charge < -0.3 is 5.11 Å². The number of pyridine rings is 1. The van der Waals surface area contributed by atoms with Crippen LogP contribution in [0.5, 0.6) is 0 Å². The van der Waals surface area contributed by atoms with E-state index in [1.807, 2.05) is 70.4 Å². The maximum absolute atomic E-state index is 12.2. The Balaban J connectivity index is 0.000000279. The summed E-state index contributed by atoms with van der Waals surface area (Å²) in [5, 5.41) is 17.5. The summed E-state index contributed by atoms with van der Waals surface area (Å²) >= 11 is 3.68. The number of allylic oxidation sites excluding steroid dienone is 2. The van der Waals surface area contributed by atoms with Gasteiger partial charge in [-0.2, -0.15) is 0 Å². The van der Waals surface area contributed by atoms with Crippen molar-refractivity contribution in [1.29, 1.82) is 0 Å². The van der Waals surface area contributed by atoms with Gasteiger partial charge in [0.05, 0.1) is 0 Å². The fourth-order valence-corrected chi connectivity index (χ4v) is 8.77. The molecule has 0 fully saturated rings. The van der Waals surface area contributed by atoms with Crippen molar-refractivity contribution in [1.82, 2.24) is 4.98 Å². The summed E-state index contributed by atoms with van der Waals surface area (Å²) in [6, 6.07) is 25.4. The predicted octanol–water partition coefficient (Wildman–Crippen LogP) is 14.1. The molecule has 3 aromatic carbocycles. The van der Waals surface area contributed by atoms with E-state index in [-0.39, 0.29) is 47.9 Å². The van der Waals surface area contributed by atoms with Crippen molar-refractivity contribution in [3.05, 3.63) is 101 Å². The molecular weight excluding hydrogens is 843 g/mol. The Morgan fingerprint density at radius 3 is 2.08 bits per heavy atom. The number of thiophene rings is 2. The number of aliphatic hydroxyl groups is 1. The fourth-order valence-electron chi connectivity index (χ4n) is 6.41. The van der Waals surface area contributed by atoms with Gasteiger partial charge in [0.1, 0.15) is 5.76 Å². The van der Waals surface area contributed by atoms with Gasteiger partial charge in [0.25, 0.3) is 0 Å². The standard InChI is InChI=1S/C30H24NS2.C15H28O2.Ir/c1-18-21-13-14-31-27(20-15-19-9-5-6-10-22(19)25(16-20)30(2,3)4)29(21)33-28(18)24-17-32-26-12-8-7-11-23(24)26;1-7-14(5,8-2)12(16)11-13(17)15(6,9-3)10-4;/h5-14,16-17H,1-4H3;11,16H,7-10H2,1-6H3;/q-1;;/b;12-11-;. The van der Waals surface area contributed by atoms with Gasteiger partial charge in [-0.3, -0.25) is 9.78 Å². The molecule has 0 saturated heterocycles. The van der Waals surface area contributed by atoms with E-state index in [2.05, 4.69) is 99.8 Å². The van der Waals surface area contributed by atoms with Crippen LogP contribution in [0.15, 0.2) is 84.1 Å².